The van der Waals surface area contributed by atoms with Crippen LogP contribution in [0.3, 0.4) is 0 Å². The molecule has 0 aromatic heterocycles. The summed E-state index contributed by atoms with van der Waals surface area (Å²) in [6, 6.07) is 10.1. The Morgan fingerprint density at radius 2 is 1.90 bits per heavy atom. The number of nitrogens with one attached hydrogen (secondary N) is 1. The van der Waals surface area contributed by atoms with Gasteiger partial charge in [-0.2, -0.15) is 0 Å². The molecule has 104 valence electrons. The van der Waals surface area contributed by atoms with Crippen molar-refractivity contribution in [2.24, 2.45) is 0 Å². The summed E-state index contributed by atoms with van der Waals surface area (Å²) < 4.78 is 19.4. The highest BCUT2D eigenvalue weighted by Crippen LogP contribution is 2.31. The lowest BCUT2D eigenvalue weighted by molar-refractivity contribution is 0.246. The van der Waals surface area contributed by atoms with E-state index in [-0.39, 0.29) is 11.9 Å². The Morgan fingerprint density at radius 3 is 2.70 bits per heavy atom. The zero-order valence-electron chi connectivity index (χ0n) is 10.5. The number of ether oxygens (including phenoxy) is 1. The number of rotatable bonds is 3. The van der Waals surface area contributed by atoms with Gasteiger partial charge in [-0.25, -0.2) is 4.39 Å². The molecule has 5 heteroatoms. The highest BCUT2D eigenvalue weighted by molar-refractivity contribution is 6.31. The molecular formula is C15H12Cl2FNO. The van der Waals surface area contributed by atoms with Crippen molar-refractivity contribution in [3.63, 3.8) is 0 Å². The van der Waals surface area contributed by atoms with Crippen LogP contribution in [0.15, 0.2) is 36.4 Å². The minimum absolute atomic E-state index is 0.0291. The van der Waals surface area contributed by atoms with Crippen LogP contribution in [0.25, 0.3) is 0 Å². The van der Waals surface area contributed by atoms with Crippen LogP contribution in [0.5, 0.6) is 5.75 Å². The Labute approximate surface area is 126 Å². The molecule has 1 N–H and O–H groups in total. The van der Waals surface area contributed by atoms with Gasteiger partial charge in [0.05, 0.1) is 12.2 Å². The third-order valence-corrected chi connectivity index (χ3v) is 3.69. The van der Waals surface area contributed by atoms with Crippen LogP contribution in [-0.4, -0.2) is 12.6 Å². The lowest BCUT2D eigenvalue weighted by Gasteiger charge is -2.13. The molecule has 0 bridgehead atoms. The van der Waals surface area contributed by atoms with Gasteiger partial charge in [0.2, 0.25) is 0 Å². The number of anilines is 1. The van der Waals surface area contributed by atoms with E-state index in [2.05, 4.69) is 5.32 Å². The Balaban J connectivity index is 1.63. The maximum absolute atomic E-state index is 13.6. The van der Waals surface area contributed by atoms with Crippen molar-refractivity contribution in [3.8, 4) is 5.75 Å². The van der Waals surface area contributed by atoms with E-state index in [1.807, 2.05) is 12.1 Å². The monoisotopic (exact) mass is 311 g/mol. The molecule has 0 amide bonds. The first-order valence-corrected chi connectivity index (χ1v) is 7.01. The SMILES string of the molecule is Fc1cc(Cl)ccc1NCC1Cc2cc(Cl)ccc2O1. The Morgan fingerprint density at radius 1 is 1.15 bits per heavy atom. The molecule has 2 nitrogen and oxygen atoms in total. The summed E-state index contributed by atoms with van der Waals surface area (Å²) in [6.45, 7) is 0.519. The van der Waals surface area contributed by atoms with Crippen molar-refractivity contribution < 1.29 is 9.13 Å². The number of hydrogen-bond acceptors (Lipinski definition) is 2. The summed E-state index contributed by atoms with van der Waals surface area (Å²) in [5.74, 6) is 0.480. The van der Waals surface area contributed by atoms with Gasteiger partial charge < -0.3 is 10.1 Å². The quantitative estimate of drug-likeness (QED) is 0.898. The van der Waals surface area contributed by atoms with Gasteiger partial charge >= 0.3 is 0 Å². The molecule has 1 aliphatic heterocycles. The van der Waals surface area contributed by atoms with Gasteiger partial charge in [0.15, 0.2) is 0 Å². The smallest absolute Gasteiger partial charge is 0.147 e. The topological polar surface area (TPSA) is 21.3 Å². The normalized spacial score (nSPS) is 16.6. The minimum Gasteiger partial charge on any atom is -0.488 e. The van der Waals surface area contributed by atoms with Crippen molar-refractivity contribution in [3.05, 3.63) is 57.8 Å². The molecule has 0 saturated heterocycles. The van der Waals surface area contributed by atoms with Gasteiger partial charge in [0.1, 0.15) is 17.7 Å². The second kappa shape index (κ2) is 5.51. The highest BCUT2D eigenvalue weighted by atomic mass is 35.5. The van der Waals surface area contributed by atoms with E-state index in [4.69, 9.17) is 27.9 Å². The Hall–Kier alpha value is -1.45. The fourth-order valence-corrected chi connectivity index (χ4v) is 2.61. The van der Waals surface area contributed by atoms with Gasteiger partial charge in [-0.05, 0) is 42.0 Å². The maximum atomic E-state index is 13.6. The summed E-state index contributed by atoms with van der Waals surface area (Å²) in [5, 5.41) is 4.12. The molecule has 1 aliphatic rings. The molecular weight excluding hydrogens is 300 g/mol. The average Bonchev–Trinajstić information content (AvgIpc) is 2.79. The van der Waals surface area contributed by atoms with E-state index in [1.165, 1.54) is 6.07 Å². The molecule has 1 heterocycles. The van der Waals surface area contributed by atoms with Crippen LogP contribution in [0, 0.1) is 5.82 Å². The van der Waals surface area contributed by atoms with Gasteiger partial charge in [-0.1, -0.05) is 23.2 Å². The van der Waals surface area contributed by atoms with Gasteiger partial charge in [-0.15, -0.1) is 0 Å². The number of hydrogen-bond donors (Lipinski definition) is 1. The first-order valence-electron chi connectivity index (χ1n) is 6.26. The first-order chi connectivity index (χ1) is 9.61. The summed E-state index contributed by atoms with van der Waals surface area (Å²) in [7, 11) is 0. The molecule has 3 rings (SSSR count). The van der Waals surface area contributed by atoms with Gasteiger partial charge in [0, 0.05) is 16.5 Å². The predicted molar refractivity (Wildman–Crippen MR) is 79.5 cm³/mol. The maximum Gasteiger partial charge on any atom is 0.147 e. The summed E-state index contributed by atoms with van der Waals surface area (Å²) in [4.78, 5) is 0. The molecule has 2 aromatic rings. The van der Waals surface area contributed by atoms with E-state index in [9.17, 15) is 4.39 Å². The molecule has 20 heavy (non-hydrogen) atoms. The predicted octanol–water partition coefficient (Wildman–Crippen LogP) is 4.55. The molecule has 1 unspecified atom stereocenters. The highest BCUT2D eigenvalue weighted by Gasteiger charge is 2.23. The zero-order valence-corrected chi connectivity index (χ0v) is 12.0. The third-order valence-electron chi connectivity index (χ3n) is 3.22. The number of benzene rings is 2. The van der Waals surface area contributed by atoms with E-state index in [1.54, 1.807) is 18.2 Å². The summed E-state index contributed by atoms with van der Waals surface area (Å²) >= 11 is 11.7. The van der Waals surface area contributed by atoms with Crippen molar-refractivity contribution in [2.75, 3.05) is 11.9 Å². The Kier molecular flexibility index (Phi) is 3.72. The standard InChI is InChI=1S/C15H12Cl2FNO/c16-10-2-4-15-9(5-10)6-12(20-15)8-19-14-3-1-11(17)7-13(14)18/h1-5,7,12,19H,6,8H2. The molecule has 0 saturated carbocycles. The van der Waals surface area contributed by atoms with E-state index >= 15 is 0 Å². The molecule has 0 aliphatic carbocycles. The molecule has 0 spiro atoms. The van der Waals surface area contributed by atoms with Gasteiger partial charge in [-0.3, -0.25) is 0 Å². The minimum atomic E-state index is -0.365. The molecule has 0 radical (unpaired) electrons. The molecule has 2 aromatic carbocycles. The van der Waals surface area contributed by atoms with E-state index in [0.717, 1.165) is 17.7 Å². The third kappa shape index (κ3) is 2.84. The molecule has 0 fully saturated rings. The second-order valence-electron chi connectivity index (χ2n) is 4.70. The van der Waals surface area contributed by atoms with E-state index in [0.29, 0.717) is 22.3 Å². The first kappa shape index (κ1) is 13.5. The van der Waals surface area contributed by atoms with Crippen LogP contribution >= 0.6 is 23.2 Å². The van der Waals surface area contributed by atoms with Crippen molar-refractivity contribution >= 4 is 28.9 Å². The number of fused-ring (bicyclic) bond motifs is 1. The van der Waals surface area contributed by atoms with Crippen LogP contribution in [0.4, 0.5) is 10.1 Å². The van der Waals surface area contributed by atoms with Crippen LogP contribution in [0.2, 0.25) is 10.0 Å². The summed E-state index contributed by atoms with van der Waals surface area (Å²) in [5.41, 5.74) is 1.51. The Bertz CT molecular complexity index is 648. The van der Waals surface area contributed by atoms with Gasteiger partial charge in [0.25, 0.3) is 0 Å². The van der Waals surface area contributed by atoms with Crippen molar-refractivity contribution in [2.45, 2.75) is 12.5 Å². The average molecular weight is 312 g/mol. The van der Waals surface area contributed by atoms with Crippen molar-refractivity contribution in [1.29, 1.82) is 0 Å². The number of halogens is 3. The zero-order chi connectivity index (χ0) is 14.1. The fourth-order valence-electron chi connectivity index (χ4n) is 2.26. The summed E-state index contributed by atoms with van der Waals surface area (Å²) in [6.07, 6.45) is 0.733. The van der Waals surface area contributed by atoms with E-state index < -0.39 is 0 Å². The largest absolute Gasteiger partial charge is 0.488 e. The fraction of sp³-hybridized carbons (Fsp3) is 0.200. The van der Waals surface area contributed by atoms with Crippen molar-refractivity contribution in [1.82, 2.24) is 0 Å². The van der Waals surface area contributed by atoms with Crippen LogP contribution in [-0.2, 0) is 6.42 Å². The van der Waals surface area contributed by atoms with Crippen LogP contribution in [0.1, 0.15) is 5.56 Å². The molecule has 1 atom stereocenters. The lowest BCUT2D eigenvalue weighted by atomic mass is 10.1. The van der Waals surface area contributed by atoms with Crippen LogP contribution < -0.4 is 10.1 Å². The lowest BCUT2D eigenvalue weighted by Crippen LogP contribution is -2.24. The second-order valence-corrected chi connectivity index (χ2v) is 5.57.